The highest BCUT2D eigenvalue weighted by molar-refractivity contribution is 14.0. The number of hydrogen-bond donors (Lipinski definition) is 1. The van der Waals surface area contributed by atoms with Crippen molar-refractivity contribution >= 4 is 29.9 Å². The van der Waals surface area contributed by atoms with Crippen LogP contribution >= 0.6 is 24.0 Å². The molecule has 1 N–H and O–H groups in total. The van der Waals surface area contributed by atoms with Gasteiger partial charge in [-0.25, -0.2) is 4.98 Å². The number of ether oxygens (including phenoxy) is 1. The zero-order valence-corrected chi connectivity index (χ0v) is 15.2. The van der Waals surface area contributed by atoms with Crippen LogP contribution in [0.2, 0.25) is 0 Å². The summed E-state index contributed by atoms with van der Waals surface area (Å²) in [6.07, 6.45) is 9.17. The molecule has 7 heteroatoms. The Balaban J connectivity index is 0.00000144. The van der Waals surface area contributed by atoms with Crippen molar-refractivity contribution in [3.05, 3.63) is 18.7 Å². The highest BCUT2D eigenvalue weighted by Crippen LogP contribution is 2.47. The fourth-order valence-electron chi connectivity index (χ4n) is 4.18. The van der Waals surface area contributed by atoms with E-state index in [2.05, 4.69) is 24.8 Å². The van der Waals surface area contributed by atoms with Crippen LogP contribution in [0, 0.1) is 11.8 Å². The SMILES string of the molecule is CN=C(NCCn1ccnc1)N1CC2C3CCC(O3)C2C1.I. The van der Waals surface area contributed by atoms with Crippen molar-refractivity contribution in [1.82, 2.24) is 19.8 Å². The van der Waals surface area contributed by atoms with Gasteiger partial charge in [-0.15, -0.1) is 24.0 Å². The van der Waals surface area contributed by atoms with Crippen molar-refractivity contribution in [2.45, 2.75) is 31.6 Å². The number of hydrogen-bond acceptors (Lipinski definition) is 3. The molecule has 3 aliphatic heterocycles. The molecule has 1 aromatic rings. The molecule has 0 spiro atoms. The smallest absolute Gasteiger partial charge is 0.193 e. The van der Waals surface area contributed by atoms with Gasteiger partial charge in [0.2, 0.25) is 0 Å². The van der Waals surface area contributed by atoms with E-state index in [9.17, 15) is 0 Å². The summed E-state index contributed by atoms with van der Waals surface area (Å²) < 4.78 is 8.11. The predicted molar refractivity (Wildman–Crippen MR) is 95.5 cm³/mol. The van der Waals surface area contributed by atoms with Gasteiger partial charge in [0, 0.05) is 57.5 Å². The van der Waals surface area contributed by atoms with Crippen molar-refractivity contribution in [2.75, 3.05) is 26.7 Å². The van der Waals surface area contributed by atoms with Gasteiger partial charge in [-0.05, 0) is 12.8 Å². The fourth-order valence-corrected chi connectivity index (χ4v) is 4.18. The first-order valence-corrected chi connectivity index (χ1v) is 7.92. The second-order valence-corrected chi connectivity index (χ2v) is 6.30. The van der Waals surface area contributed by atoms with Crippen molar-refractivity contribution in [3.63, 3.8) is 0 Å². The number of aliphatic imine (C=N–C) groups is 1. The first kappa shape index (κ1) is 16.0. The normalized spacial score (nSPS) is 33.0. The molecule has 122 valence electrons. The molecule has 0 radical (unpaired) electrons. The number of nitrogens with zero attached hydrogens (tertiary/aromatic N) is 4. The van der Waals surface area contributed by atoms with E-state index in [0.29, 0.717) is 12.2 Å². The summed E-state index contributed by atoms with van der Waals surface area (Å²) in [4.78, 5) is 10.9. The van der Waals surface area contributed by atoms with Gasteiger partial charge in [-0.3, -0.25) is 4.99 Å². The fraction of sp³-hybridized carbons (Fsp3) is 0.733. The van der Waals surface area contributed by atoms with E-state index in [4.69, 9.17) is 4.74 Å². The van der Waals surface area contributed by atoms with Crippen LogP contribution in [0.15, 0.2) is 23.7 Å². The zero-order valence-electron chi connectivity index (χ0n) is 12.9. The first-order chi connectivity index (χ1) is 10.3. The van der Waals surface area contributed by atoms with Gasteiger partial charge in [0.15, 0.2) is 5.96 Å². The summed E-state index contributed by atoms with van der Waals surface area (Å²) >= 11 is 0. The van der Waals surface area contributed by atoms with Gasteiger partial charge in [-0.1, -0.05) is 0 Å². The molecule has 2 bridgehead atoms. The zero-order chi connectivity index (χ0) is 14.2. The minimum atomic E-state index is 0. The Morgan fingerprint density at radius 3 is 2.64 bits per heavy atom. The molecule has 0 amide bonds. The molecule has 4 heterocycles. The standard InChI is InChI=1S/C15H23N5O.HI/c1-16-15(18-5-7-19-6-4-17-10-19)20-8-11-12(9-20)14-3-2-13(11)21-14;/h4,6,10-14H,2-3,5,7-9H2,1H3,(H,16,18);1H. The molecule has 22 heavy (non-hydrogen) atoms. The van der Waals surface area contributed by atoms with Crippen molar-refractivity contribution in [1.29, 1.82) is 0 Å². The van der Waals surface area contributed by atoms with E-state index in [1.54, 1.807) is 0 Å². The molecule has 3 saturated heterocycles. The van der Waals surface area contributed by atoms with Gasteiger partial charge in [0.25, 0.3) is 0 Å². The number of guanidine groups is 1. The topological polar surface area (TPSA) is 54.7 Å². The van der Waals surface area contributed by atoms with Crippen molar-refractivity contribution in [2.24, 2.45) is 16.8 Å². The molecule has 3 fully saturated rings. The summed E-state index contributed by atoms with van der Waals surface area (Å²) in [6, 6.07) is 0. The number of aromatic nitrogens is 2. The summed E-state index contributed by atoms with van der Waals surface area (Å²) in [5.41, 5.74) is 0. The summed E-state index contributed by atoms with van der Waals surface area (Å²) in [7, 11) is 1.87. The third kappa shape index (κ3) is 2.84. The van der Waals surface area contributed by atoms with Crippen LogP contribution in [0.5, 0.6) is 0 Å². The number of fused-ring (bicyclic) bond motifs is 5. The summed E-state index contributed by atoms with van der Waals surface area (Å²) in [5.74, 6) is 2.47. The lowest BCUT2D eigenvalue weighted by atomic mass is 9.82. The van der Waals surface area contributed by atoms with Crippen LogP contribution in [0.25, 0.3) is 0 Å². The minimum Gasteiger partial charge on any atom is -0.374 e. The molecule has 0 aromatic carbocycles. The van der Waals surface area contributed by atoms with Crippen molar-refractivity contribution < 1.29 is 4.74 Å². The number of likely N-dealkylation sites (tertiary alicyclic amines) is 1. The largest absolute Gasteiger partial charge is 0.374 e. The molecule has 0 saturated carbocycles. The van der Waals surface area contributed by atoms with Gasteiger partial charge >= 0.3 is 0 Å². The Bertz CT molecular complexity index is 502. The third-order valence-corrected chi connectivity index (χ3v) is 5.18. The van der Waals surface area contributed by atoms with Crippen LogP contribution in [-0.4, -0.2) is 59.3 Å². The number of halogens is 1. The molecule has 4 atom stereocenters. The lowest BCUT2D eigenvalue weighted by Gasteiger charge is -2.23. The quantitative estimate of drug-likeness (QED) is 0.456. The third-order valence-electron chi connectivity index (χ3n) is 5.18. The van der Waals surface area contributed by atoms with Crippen LogP contribution in [0.3, 0.4) is 0 Å². The lowest BCUT2D eigenvalue weighted by Crippen LogP contribution is -2.42. The number of nitrogens with one attached hydrogen (secondary N) is 1. The first-order valence-electron chi connectivity index (χ1n) is 7.92. The van der Waals surface area contributed by atoms with Gasteiger partial charge < -0.3 is 19.5 Å². The number of rotatable bonds is 3. The molecular formula is C15H24IN5O. The summed E-state index contributed by atoms with van der Waals surface area (Å²) in [5, 5.41) is 3.48. The Morgan fingerprint density at radius 1 is 1.32 bits per heavy atom. The molecule has 3 aliphatic rings. The Hall–Kier alpha value is -0.830. The van der Waals surface area contributed by atoms with E-state index in [1.807, 2.05) is 25.8 Å². The lowest BCUT2D eigenvalue weighted by molar-refractivity contribution is 0.0767. The van der Waals surface area contributed by atoms with Gasteiger partial charge in [0.1, 0.15) is 0 Å². The second kappa shape index (κ2) is 6.74. The average Bonchev–Trinajstić information content (AvgIpc) is 3.25. The molecular weight excluding hydrogens is 393 g/mol. The van der Waals surface area contributed by atoms with Crippen LogP contribution in [0.4, 0.5) is 0 Å². The van der Waals surface area contributed by atoms with Crippen LogP contribution < -0.4 is 5.32 Å². The van der Waals surface area contributed by atoms with E-state index >= 15 is 0 Å². The monoisotopic (exact) mass is 417 g/mol. The summed E-state index contributed by atoms with van der Waals surface area (Å²) in [6.45, 7) is 3.97. The maximum Gasteiger partial charge on any atom is 0.193 e. The molecule has 4 unspecified atom stereocenters. The minimum absolute atomic E-state index is 0. The van der Waals surface area contributed by atoms with E-state index in [-0.39, 0.29) is 24.0 Å². The predicted octanol–water partition coefficient (Wildman–Crippen LogP) is 1.19. The van der Waals surface area contributed by atoms with Crippen LogP contribution in [0.1, 0.15) is 12.8 Å². The Morgan fingerprint density at radius 2 is 2.05 bits per heavy atom. The molecule has 6 nitrogen and oxygen atoms in total. The van der Waals surface area contributed by atoms with Gasteiger partial charge in [0.05, 0.1) is 18.5 Å². The molecule has 1 aromatic heterocycles. The van der Waals surface area contributed by atoms with E-state index in [1.165, 1.54) is 12.8 Å². The average molecular weight is 417 g/mol. The molecule has 4 rings (SSSR count). The maximum absolute atomic E-state index is 6.03. The van der Waals surface area contributed by atoms with Gasteiger partial charge in [-0.2, -0.15) is 0 Å². The number of imidazole rings is 1. The molecule has 0 aliphatic carbocycles. The Kier molecular flexibility index (Phi) is 4.91. The van der Waals surface area contributed by atoms with E-state index < -0.39 is 0 Å². The Labute approximate surface area is 148 Å². The highest BCUT2D eigenvalue weighted by Gasteiger charge is 2.53. The second-order valence-electron chi connectivity index (χ2n) is 6.30. The maximum atomic E-state index is 6.03. The van der Waals surface area contributed by atoms with E-state index in [0.717, 1.165) is 44.0 Å². The van der Waals surface area contributed by atoms with Crippen molar-refractivity contribution in [3.8, 4) is 0 Å². The van der Waals surface area contributed by atoms with Crippen LogP contribution in [-0.2, 0) is 11.3 Å². The highest BCUT2D eigenvalue weighted by atomic mass is 127.